The molecule has 0 aliphatic carbocycles. The molecule has 1 aliphatic heterocycles. The van der Waals surface area contributed by atoms with Gasteiger partial charge in [0.2, 0.25) is 11.8 Å². The maximum atomic E-state index is 11.2. The first-order valence-corrected chi connectivity index (χ1v) is 6.70. The number of nitrogens with zero attached hydrogens (tertiary/aromatic N) is 4. The number of aromatic nitrogens is 2. The number of anilines is 3. The number of hydrogen-bond acceptors (Lipinski definition) is 6. The van der Waals surface area contributed by atoms with E-state index in [1.54, 1.807) is 0 Å². The predicted octanol–water partition coefficient (Wildman–Crippen LogP) is 2.36. The summed E-state index contributed by atoms with van der Waals surface area (Å²) >= 11 is 0. The Balaban J connectivity index is 2.15. The first-order chi connectivity index (χ1) is 10.1. The third-order valence-electron chi connectivity index (χ3n) is 3.57. The van der Waals surface area contributed by atoms with Gasteiger partial charge in [-0.05, 0) is 31.4 Å². The van der Waals surface area contributed by atoms with E-state index in [-0.39, 0.29) is 17.5 Å². The highest BCUT2D eigenvalue weighted by atomic mass is 16.6. The monoisotopic (exact) mass is 285 g/mol. The number of hydrogen-bond donors (Lipinski definition) is 1. The topological polar surface area (TPSA) is 98.2 Å². The van der Waals surface area contributed by atoms with Crippen molar-refractivity contribution in [2.75, 3.05) is 17.2 Å². The molecule has 21 heavy (non-hydrogen) atoms. The first kappa shape index (κ1) is 13.3. The van der Waals surface area contributed by atoms with Crippen LogP contribution in [0.5, 0.6) is 0 Å². The summed E-state index contributed by atoms with van der Waals surface area (Å²) in [4.78, 5) is 20.4. The van der Waals surface area contributed by atoms with Gasteiger partial charge in [0.15, 0.2) is 0 Å². The normalized spacial score (nSPS) is 13.9. The molecule has 0 radical (unpaired) electrons. The Labute approximate surface area is 121 Å². The summed E-state index contributed by atoms with van der Waals surface area (Å²) in [6, 6.07) is 6.08. The molecule has 0 amide bonds. The van der Waals surface area contributed by atoms with Crippen LogP contribution in [0.1, 0.15) is 17.5 Å². The number of nitro groups is 1. The van der Waals surface area contributed by atoms with Crippen molar-refractivity contribution in [2.24, 2.45) is 0 Å². The Morgan fingerprint density at radius 2 is 2.24 bits per heavy atom. The first-order valence-electron chi connectivity index (χ1n) is 6.70. The molecule has 7 nitrogen and oxygen atoms in total. The van der Waals surface area contributed by atoms with Crippen LogP contribution in [-0.2, 0) is 6.42 Å². The molecule has 0 saturated carbocycles. The Bertz CT molecular complexity index is 717. The molecule has 0 atom stereocenters. The van der Waals surface area contributed by atoms with Gasteiger partial charge in [-0.15, -0.1) is 0 Å². The average molecular weight is 285 g/mol. The summed E-state index contributed by atoms with van der Waals surface area (Å²) in [5.74, 6) is 0.298. The molecule has 0 unspecified atom stereocenters. The minimum atomic E-state index is -0.475. The standard InChI is InChI=1S/C14H15N5O2/c1-9-4-5-11-10(7-9)3-2-6-18(11)13-12(19(20)21)8-16-14(15)17-13/h4-5,7-8H,2-3,6H2,1H3,(H2,15,16,17). The highest BCUT2D eigenvalue weighted by molar-refractivity contribution is 5.72. The van der Waals surface area contributed by atoms with E-state index in [0.29, 0.717) is 6.54 Å². The van der Waals surface area contributed by atoms with Gasteiger partial charge >= 0.3 is 5.69 Å². The van der Waals surface area contributed by atoms with Gasteiger partial charge in [-0.1, -0.05) is 17.7 Å². The predicted molar refractivity (Wildman–Crippen MR) is 79.6 cm³/mol. The zero-order chi connectivity index (χ0) is 15.0. The minimum Gasteiger partial charge on any atom is -0.368 e. The van der Waals surface area contributed by atoms with Crippen LogP contribution in [0.15, 0.2) is 24.4 Å². The van der Waals surface area contributed by atoms with E-state index in [1.165, 1.54) is 17.3 Å². The second-order valence-corrected chi connectivity index (χ2v) is 5.08. The zero-order valence-electron chi connectivity index (χ0n) is 11.6. The lowest BCUT2D eigenvalue weighted by molar-refractivity contribution is -0.384. The van der Waals surface area contributed by atoms with Crippen molar-refractivity contribution in [1.29, 1.82) is 0 Å². The van der Waals surface area contributed by atoms with Crippen molar-refractivity contribution >= 4 is 23.1 Å². The van der Waals surface area contributed by atoms with E-state index in [1.807, 2.05) is 24.0 Å². The molecule has 2 heterocycles. The molecule has 7 heteroatoms. The number of rotatable bonds is 2. The number of aryl methyl sites for hydroxylation is 2. The molecular weight excluding hydrogens is 270 g/mol. The second kappa shape index (κ2) is 5.01. The number of nitrogens with two attached hydrogens (primary N) is 1. The van der Waals surface area contributed by atoms with Gasteiger partial charge in [0, 0.05) is 12.2 Å². The van der Waals surface area contributed by atoms with Gasteiger partial charge in [-0.25, -0.2) is 4.98 Å². The lowest BCUT2D eigenvalue weighted by Gasteiger charge is -2.30. The van der Waals surface area contributed by atoms with Crippen LogP contribution in [0.2, 0.25) is 0 Å². The third-order valence-corrected chi connectivity index (χ3v) is 3.57. The van der Waals surface area contributed by atoms with Gasteiger partial charge in [-0.3, -0.25) is 10.1 Å². The summed E-state index contributed by atoms with van der Waals surface area (Å²) < 4.78 is 0. The molecule has 0 fully saturated rings. The van der Waals surface area contributed by atoms with Crippen LogP contribution in [0, 0.1) is 17.0 Å². The van der Waals surface area contributed by atoms with E-state index in [0.717, 1.165) is 18.5 Å². The van der Waals surface area contributed by atoms with E-state index in [9.17, 15) is 10.1 Å². The Hall–Kier alpha value is -2.70. The molecule has 1 aromatic heterocycles. The van der Waals surface area contributed by atoms with Crippen molar-refractivity contribution < 1.29 is 4.92 Å². The van der Waals surface area contributed by atoms with Gasteiger partial charge in [-0.2, -0.15) is 4.98 Å². The van der Waals surface area contributed by atoms with Crippen LogP contribution in [0.25, 0.3) is 0 Å². The lowest BCUT2D eigenvalue weighted by atomic mass is 9.99. The van der Waals surface area contributed by atoms with Gasteiger partial charge in [0.1, 0.15) is 6.20 Å². The number of nitrogen functional groups attached to an aromatic ring is 1. The molecular formula is C14H15N5O2. The van der Waals surface area contributed by atoms with Crippen LogP contribution < -0.4 is 10.6 Å². The van der Waals surface area contributed by atoms with Crippen LogP contribution in [-0.4, -0.2) is 21.4 Å². The van der Waals surface area contributed by atoms with Crippen molar-refractivity contribution in [2.45, 2.75) is 19.8 Å². The molecule has 0 spiro atoms. The molecule has 0 bridgehead atoms. The molecule has 0 saturated heterocycles. The largest absolute Gasteiger partial charge is 0.368 e. The summed E-state index contributed by atoms with van der Waals surface area (Å²) in [5.41, 5.74) is 8.78. The summed E-state index contributed by atoms with van der Waals surface area (Å²) in [5, 5.41) is 11.2. The van der Waals surface area contributed by atoms with Gasteiger partial charge in [0.05, 0.1) is 4.92 Å². The van der Waals surface area contributed by atoms with Crippen molar-refractivity contribution in [3.63, 3.8) is 0 Å². The van der Waals surface area contributed by atoms with E-state index in [2.05, 4.69) is 16.0 Å². The Morgan fingerprint density at radius 1 is 1.43 bits per heavy atom. The summed E-state index contributed by atoms with van der Waals surface area (Å²) in [6.07, 6.45) is 3.04. The summed E-state index contributed by atoms with van der Waals surface area (Å²) in [7, 11) is 0. The smallest absolute Gasteiger partial charge is 0.330 e. The van der Waals surface area contributed by atoms with Gasteiger partial charge in [0.25, 0.3) is 0 Å². The maximum absolute atomic E-state index is 11.2. The highest BCUT2D eigenvalue weighted by Crippen LogP contribution is 2.37. The maximum Gasteiger partial charge on any atom is 0.330 e. The molecule has 1 aromatic carbocycles. The van der Waals surface area contributed by atoms with E-state index in [4.69, 9.17) is 5.73 Å². The fraction of sp³-hybridized carbons (Fsp3) is 0.286. The molecule has 2 N–H and O–H groups in total. The highest BCUT2D eigenvalue weighted by Gasteiger charge is 2.27. The van der Waals surface area contributed by atoms with E-state index < -0.39 is 4.92 Å². The summed E-state index contributed by atoms with van der Waals surface area (Å²) in [6.45, 7) is 2.71. The molecule has 1 aliphatic rings. The Kier molecular flexibility index (Phi) is 3.17. The number of benzene rings is 1. The van der Waals surface area contributed by atoms with Crippen molar-refractivity contribution in [3.05, 3.63) is 45.6 Å². The molecule has 108 valence electrons. The number of fused-ring (bicyclic) bond motifs is 1. The van der Waals surface area contributed by atoms with Crippen LogP contribution in [0.3, 0.4) is 0 Å². The van der Waals surface area contributed by atoms with Crippen LogP contribution in [0.4, 0.5) is 23.1 Å². The quantitative estimate of drug-likeness (QED) is 0.671. The fourth-order valence-corrected chi connectivity index (χ4v) is 2.65. The van der Waals surface area contributed by atoms with Crippen LogP contribution >= 0.6 is 0 Å². The Morgan fingerprint density at radius 3 is 3.00 bits per heavy atom. The van der Waals surface area contributed by atoms with Gasteiger partial charge < -0.3 is 10.6 Å². The van der Waals surface area contributed by atoms with Crippen molar-refractivity contribution in [1.82, 2.24) is 9.97 Å². The SMILES string of the molecule is Cc1ccc2c(c1)CCCN2c1nc(N)ncc1[N+](=O)[O-]. The lowest BCUT2D eigenvalue weighted by Crippen LogP contribution is -2.26. The zero-order valence-corrected chi connectivity index (χ0v) is 11.6. The fourth-order valence-electron chi connectivity index (χ4n) is 2.65. The third kappa shape index (κ3) is 2.37. The minimum absolute atomic E-state index is 0.0369. The average Bonchev–Trinajstić information content (AvgIpc) is 2.45. The molecule has 3 rings (SSSR count). The molecule has 2 aromatic rings. The van der Waals surface area contributed by atoms with Crippen molar-refractivity contribution in [3.8, 4) is 0 Å². The van der Waals surface area contributed by atoms with E-state index >= 15 is 0 Å². The second-order valence-electron chi connectivity index (χ2n) is 5.08.